The Hall–Kier alpha value is -1.58. The molecule has 2 aliphatic rings. The molecule has 3 rings (SSSR count). The number of hydrazine groups is 2. The van der Waals surface area contributed by atoms with Gasteiger partial charge >= 0.3 is 6.09 Å². The lowest BCUT2D eigenvalue weighted by Crippen LogP contribution is -2.37. The van der Waals surface area contributed by atoms with Gasteiger partial charge in [-0.05, 0) is 55.9 Å². The van der Waals surface area contributed by atoms with E-state index in [1.54, 1.807) is 23.1 Å². The van der Waals surface area contributed by atoms with Crippen LogP contribution in [0.1, 0.15) is 44.1 Å². The first-order valence-corrected chi connectivity index (χ1v) is 11.1. The second kappa shape index (κ2) is 11.7. The van der Waals surface area contributed by atoms with E-state index >= 15 is 0 Å². The number of halogens is 2. The highest BCUT2D eigenvalue weighted by Gasteiger charge is 2.23. The van der Waals surface area contributed by atoms with E-state index in [1.807, 2.05) is 0 Å². The third kappa shape index (κ3) is 7.59. The highest BCUT2D eigenvalue weighted by Crippen LogP contribution is 2.20. The average Bonchev–Trinajstić information content (AvgIpc) is 3.10. The van der Waals surface area contributed by atoms with Crippen LogP contribution in [0.3, 0.4) is 0 Å². The van der Waals surface area contributed by atoms with Crippen molar-refractivity contribution in [1.82, 2.24) is 26.6 Å². The fraction of sp³-hybridized carbons (Fsp3) is 0.600. The van der Waals surface area contributed by atoms with E-state index < -0.39 is 0 Å². The average molecular weight is 458 g/mol. The molecule has 2 atom stereocenters. The van der Waals surface area contributed by atoms with E-state index in [-0.39, 0.29) is 24.6 Å². The van der Waals surface area contributed by atoms with E-state index in [0.29, 0.717) is 35.6 Å². The van der Waals surface area contributed by atoms with Crippen LogP contribution in [0.5, 0.6) is 0 Å². The quantitative estimate of drug-likeness (QED) is 0.502. The zero-order chi connectivity index (χ0) is 21.3. The number of rotatable bonds is 7. The Labute approximate surface area is 186 Å². The van der Waals surface area contributed by atoms with E-state index in [4.69, 9.17) is 27.9 Å². The molecule has 4 N–H and O–H groups in total. The molecular weight excluding hydrogens is 429 g/mol. The smallest absolute Gasteiger partial charge is 0.410 e. The molecule has 0 aliphatic carbocycles. The summed E-state index contributed by atoms with van der Waals surface area (Å²) in [5.41, 5.74) is 9.72. The standard InChI is InChI=1S/C20H29Cl2N5O3/c21-15-9-14(10-16(22)11-15)13-30-20(29)27-7-2-4-17(6-8-27)24-19(28)5-1-3-18-12-23-26-25-18/h9-11,17-18,23,25-26H,1-8,12-13H2,(H,24,28). The third-order valence-electron chi connectivity index (χ3n) is 5.31. The van der Waals surface area contributed by atoms with E-state index in [9.17, 15) is 9.59 Å². The lowest BCUT2D eigenvalue weighted by Gasteiger charge is -2.20. The highest BCUT2D eigenvalue weighted by atomic mass is 35.5. The Balaban J connectivity index is 1.36. The van der Waals surface area contributed by atoms with E-state index in [0.717, 1.165) is 44.2 Å². The number of nitrogens with one attached hydrogen (secondary N) is 4. The van der Waals surface area contributed by atoms with Crippen LogP contribution >= 0.6 is 23.2 Å². The summed E-state index contributed by atoms with van der Waals surface area (Å²) in [4.78, 5) is 26.4. The maximum Gasteiger partial charge on any atom is 0.410 e. The molecule has 30 heavy (non-hydrogen) atoms. The minimum Gasteiger partial charge on any atom is -0.445 e. The molecule has 2 unspecified atom stereocenters. The van der Waals surface area contributed by atoms with E-state index in [1.165, 1.54) is 0 Å². The summed E-state index contributed by atoms with van der Waals surface area (Å²) in [5, 5.41) is 4.13. The Bertz CT molecular complexity index is 710. The molecule has 2 saturated heterocycles. The lowest BCUT2D eigenvalue weighted by atomic mass is 10.1. The summed E-state index contributed by atoms with van der Waals surface area (Å²) in [5.74, 6) is 0.0766. The Morgan fingerprint density at radius 3 is 2.70 bits per heavy atom. The van der Waals surface area contributed by atoms with Crippen LogP contribution < -0.4 is 21.7 Å². The summed E-state index contributed by atoms with van der Waals surface area (Å²) >= 11 is 12.0. The molecule has 10 heteroatoms. The van der Waals surface area contributed by atoms with Crippen molar-refractivity contribution in [2.45, 2.75) is 57.2 Å². The number of carbonyl (C=O) groups excluding carboxylic acids is 2. The number of hydrogen-bond donors (Lipinski definition) is 4. The van der Waals surface area contributed by atoms with Crippen LogP contribution in [0.4, 0.5) is 4.79 Å². The highest BCUT2D eigenvalue weighted by molar-refractivity contribution is 6.34. The van der Waals surface area contributed by atoms with Crippen LogP contribution in [0.2, 0.25) is 10.0 Å². The molecule has 2 amide bonds. The van der Waals surface area contributed by atoms with Gasteiger partial charge in [0.15, 0.2) is 0 Å². The first kappa shape index (κ1) is 23.1. The summed E-state index contributed by atoms with van der Waals surface area (Å²) in [7, 11) is 0. The first-order chi connectivity index (χ1) is 14.5. The van der Waals surface area contributed by atoms with Crippen molar-refractivity contribution in [2.24, 2.45) is 0 Å². The van der Waals surface area contributed by atoms with Gasteiger partial charge in [0.25, 0.3) is 0 Å². The third-order valence-corrected chi connectivity index (χ3v) is 5.74. The summed E-state index contributed by atoms with van der Waals surface area (Å²) in [6.45, 7) is 2.16. The van der Waals surface area contributed by atoms with Crippen LogP contribution in [0, 0.1) is 0 Å². The minimum atomic E-state index is -0.357. The second-order valence-corrected chi connectivity index (χ2v) is 8.63. The maximum atomic E-state index is 12.4. The molecule has 1 aromatic rings. The molecule has 1 aromatic carbocycles. The number of ether oxygens (including phenoxy) is 1. The number of benzene rings is 1. The van der Waals surface area contributed by atoms with Crippen LogP contribution in [-0.2, 0) is 16.1 Å². The van der Waals surface area contributed by atoms with Crippen molar-refractivity contribution in [3.05, 3.63) is 33.8 Å². The van der Waals surface area contributed by atoms with Crippen LogP contribution in [0.15, 0.2) is 18.2 Å². The van der Waals surface area contributed by atoms with Crippen molar-refractivity contribution in [3.8, 4) is 0 Å². The predicted octanol–water partition coefficient (Wildman–Crippen LogP) is 2.75. The lowest BCUT2D eigenvalue weighted by molar-refractivity contribution is -0.122. The van der Waals surface area contributed by atoms with Gasteiger partial charge in [0.2, 0.25) is 5.91 Å². The van der Waals surface area contributed by atoms with Gasteiger partial charge in [0, 0.05) is 48.2 Å². The number of nitrogens with zero attached hydrogens (tertiary/aromatic N) is 1. The SMILES string of the molecule is O=C(CCCC1CNNN1)NC1CCCN(C(=O)OCc2cc(Cl)cc(Cl)c2)CC1. The maximum absolute atomic E-state index is 12.4. The van der Waals surface area contributed by atoms with Gasteiger partial charge in [0.05, 0.1) is 0 Å². The molecule has 0 aromatic heterocycles. The summed E-state index contributed by atoms with van der Waals surface area (Å²) < 4.78 is 5.42. The van der Waals surface area contributed by atoms with E-state index in [2.05, 4.69) is 21.7 Å². The second-order valence-electron chi connectivity index (χ2n) is 7.75. The fourth-order valence-corrected chi connectivity index (χ4v) is 4.29. The zero-order valence-electron chi connectivity index (χ0n) is 16.9. The Morgan fingerprint density at radius 2 is 1.97 bits per heavy atom. The van der Waals surface area contributed by atoms with Gasteiger partial charge in [-0.25, -0.2) is 15.6 Å². The van der Waals surface area contributed by atoms with Gasteiger partial charge in [-0.2, -0.15) is 5.53 Å². The molecular formula is C20H29Cl2N5O3. The normalized spacial score (nSPS) is 21.9. The number of amides is 2. The molecule has 0 spiro atoms. The Kier molecular flexibility index (Phi) is 9.02. The van der Waals surface area contributed by atoms with Gasteiger partial charge in [0.1, 0.15) is 6.61 Å². The number of carbonyl (C=O) groups is 2. The molecule has 8 nitrogen and oxygen atoms in total. The molecule has 0 saturated carbocycles. The largest absolute Gasteiger partial charge is 0.445 e. The fourth-order valence-electron chi connectivity index (χ4n) is 3.72. The molecule has 0 radical (unpaired) electrons. The summed E-state index contributed by atoms with van der Waals surface area (Å²) in [6, 6.07) is 5.54. The van der Waals surface area contributed by atoms with Crippen molar-refractivity contribution >= 4 is 35.2 Å². The molecule has 2 aliphatic heterocycles. The minimum absolute atomic E-state index is 0.0766. The predicted molar refractivity (Wildman–Crippen MR) is 116 cm³/mol. The van der Waals surface area contributed by atoms with Crippen LogP contribution in [-0.4, -0.2) is 48.6 Å². The molecule has 0 bridgehead atoms. The molecule has 2 fully saturated rings. The molecule has 2 heterocycles. The van der Waals surface area contributed by atoms with Crippen molar-refractivity contribution in [2.75, 3.05) is 19.6 Å². The van der Waals surface area contributed by atoms with Gasteiger partial charge < -0.3 is 15.0 Å². The molecule has 166 valence electrons. The topological polar surface area (TPSA) is 94.7 Å². The van der Waals surface area contributed by atoms with Gasteiger partial charge in [-0.1, -0.05) is 23.2 Å². The number of likely N-dealkylation sites (tertiary alicyclic amines) is 1. The summed E-state index contributed by atoms with van der Waals surface area (Å²) in [6.07, 6.45) is 4.35. The first-order valence-electron chi connectivity index (χ1n) is 10.4. The number of hydrogen-bond acceptors (Lipinski definition) is 6. The monoisotopic (exact) mass is 457 g/mol. The van der Waals surface area contributed by atoms with Crippen molar-refractivity contribution in [3.63, 3.8) is 0 Å². The zero-order valence-corrected chi connectivity index (χ0v) is 18.4. The van der Waals surface area contributed by atoms with Gasteiger partial charge in [-0.3, -0.25) is 4.79 Å². The Morgan fingerprint density at radius 1 is 1.17 bits per heavy atom. The van der Waals surface area contributed by atoms with Crippen LogP contribution in [0.25, 0.3) is 0 Å². The van der Waals surface area contributed by atoms with Crippen molar-refractivity contribution < 1.29 is 14.3 Å². The van der Waals surface area contributed by atoms with Gasteiger partial charge in [-0.15, -0.1) is 0 Å². The van der Waals surface area contributed by atoms with Crippen molar-refractivity contribution in [1.29, 1.82) is 0 Å².